The number of aromatic nitrogens is 1. The van der Waals surface area contributed by atoms with Crippen LogP contribution in [0.3, 0.4) is 0 Å². The highest BCUT2D eigenvalue weighted by Crippen LogP contribution is 2.44. The number of hydrogen-bond donors (Lipinski definition) is 0. The average molecular weight is 239 g/mol. The molecule has 2 heteroatoms. The van der Waals surface area contributed by atoms with E-state index in [1.54, 1.807) is 11.5 Å². The van der Waals surface area contributed by atoms with Gasteiger partial charge >= 0.3 is 0 Å². The number of nitrogens with zero attached hydrogens (tertiary/aromatic N) is 1. The van der Waals surface area contributed by atoms with Crippen LogP contribution in [0.15, 0.2) is 5.38 Å². The molecule has 0 saturated carbocycles. The van der Waals surface area contributed by atoms with E-state index in [-0.39, 0.29) is 16.2 Å². The second-order valence-corrected chi connectivity index (χ2v) is 7.83. The second kappa shape index (κ2) is 3.83. The predicted molar refractivity (Wildman–Crippen MR) is 73.3 cm³/mol. The minimum atomic E-state index is 0.107. The third kappa shape index (κ3) is 2.32. The van der Waals surface area contributed by atoms with E-state index < -0.39 is 0 Å². The first-order valence-electron chi connectivity index (χ1n) is 5.93. The number of rotatable bonds is 1. The Morgan fingerprint density at radius 2 is 1.44 bits per heavy atom. The first-order chi connectivity index (χ1) is 6.98. The summed E-state index contributed by atoms with van der Waals surface area (Å²) < 4.78 is 4.66. The van der Waals surface area contributed by atoms with Gasteiger partial charge in [0, 0.05) is 10.8 Å². The molecular formula is C14H25NS. The summed E-state index contributed by atoms with van der Waals surface area (Å²) in [6.07, 6.45) is 0. The average Bonchev–Trinajstić information content (AvgIpc) is 2.47. The summed E-state index contributed by atoms with van der Waals surface area (Å²) >= 11 is 1.59. The molecule has 0 bridgehead atoms. The topological polar surface area (TPSA) is 12.9 Å². The third-order valence-electron chi connectivity index (χ3n) is 3.84. The molecular weight excluding hydrogens is 214 g/mol. The predicted octanol–water partition coefficient (Wildman–Crippen LogP) is 4.76. The fraction of sp³-hybridized carbons (Fsp3) is 0.786. The highest BCUT2D eigenvalue weighted by atomic mass is 32.1. The Morgan fingerprint density at radius 1 is 0.938 bits per heavy atom. The van der Waals surface area contributed by atoms with E-state index in [1.807, 2.05) is 0 Å². The van der Waals surface area contributed by atoms with Crippen LogP contribution in [0.5, 0.6) is 0 Å². The quantitative estimate of drug-likeness (QED) is 0.688. The van der Waals surface area contributed by atoms with Crippen molar-refractivity contribution in [3.05, 3.63) is 16.6 Å². The van der Waals surface area contributed by atoms with Crippen LogP contribution < -0.4 is 0 Å². The van der Waals surface area contributed by atoms with Crippen LogP contribution in [-0.2, 0) is 10.8 Å². The Morgan fingerprint density at radius 3 is 1.81 bits per heavy atom. The van der Waals surface area contributed by atoms with Gasteiger partial charge in [0.1, 0.15) is 0 Å². The molecule has 0 aliphatic carbocycles. The minimum absolute atomic E-state index is 0.107. The van der Waals surface area contributed by atoms with Crippen molar-refractivity contribution < 1.29 is 0 Å². The highest BCUT2D eigenvalue weighted by molar-refractivity contribution is 7.03. The normalized spacial score (nSPS) is 14.2. The molecule has 0 aromatic carbocycles. The first-order valence-corrected chi connectivity index (χ1v) is 6.77. The summed E-state index contributed by atoms with van der Waals surface area (Å²) in [5.74, 6) is 0. The van der Waals surface area contributed by atoms with Crippen LogP contribution in [0.4, 0.5) is 0 Å². The molecule has 0 spiro atoms. The zero-order chi connectivity index (χ0) is 12.8. The lowest BCUT2D eigenvalue weighted by atomic mass is 9.65. The van der Waals surface area contributed by atoms with Crippen LogP contribution in [0.25, 0.3) is 0 Å². The molecule has 1 rings (SSSR count). The van der Waals surface area contributed by atoms with E-state index in [4.69, 9.17) is 0 Å². The first kappa shape index (κ1) is 13.7. The molecule has 0 aliphatic heterocycles. The molecule has 92 valence electrons. The third-order valence-corrected chi connectivity index (χ3v) is 4.47. The summed E-state index contributed by atoms with van der Waals surface area (Å²) in [5.41, 5.74) is 3.19. The van der Waals surface area contributed by atoms with Crippen molar-refractivity contribution in [2.45, 2.75) is 66.2 Å². The largest absolute Gasteiger partial charge is 0.197 e. The van der Waals surface area contributed by atoms with E-state index in [0.717, 1.165) is 0 Å². The summed E-state index contributed by atoms with van der Waals surface area (Å²) in [6.45, 7) is 18.3. The smallest absolute Gasteiger partial charge is 0.0640 e. The molecule has 0 N–H and O–H groups in total. The Balaban J connectivity index is 3.31. The summed E-state index contributed by atoms with van der Waals surface area (Å²) in [6, 6.07) is 0. The summed E-state index contributed by atoms with van der Waals surface area (Å²) in [7, 11) is 0. The van der Waals surface area contributed by atoms with Crippen molar-refractivity contribution in [3.8, 4) is 0 Å². The molecule has 0 aliphatic rings. The van der Waals surface area contributed by atoms with Gasteiger partial charge in [-0.25, -0.2) is 0 Å². The Kier molecular flexibility index (Phi) is 3.28. The van der Waals surface area contributed by atoms with E-state index in [9.17, 15) is 0 Å². The van der Waals surface area contributed by atoms with Crippen LogP contribution in [-0.4, -0.2) is 4.37 Å². The van der Waals surface area contributed by atoms with E-state index >= 15 is 0 Å². The van der Waals surface area contributed by atoms with Gasteiger partial charge in [-0.15, -0.1) is 0 Å². The second-order valence-electron chi connectivity index (χ2n) is 7.20. The molecule has 1 heterocycles. The molecule has 1 aromatic rings. The Labute approximate surface area is 104 Å². The lowest BCUT2D eigenvalue weighted by Crippen LogP contribution is -2.36. The highest BCUT2D eigenvalue weighted by Gasteiger charge is 2.39. The van der Waals surface area contributed by atoms with Gasteiger partial charge in [0.05, 0.1) is 5.69 Å². The van der Waals surface area contributed by atoms with Crippen LogP contribution in [0, 0.1) is 5.41 Å². The van der Waals surface area contributed by atoms with Crippen LogP contribution in [0.1, 0.15) is 66.6 Å². The van der Waals surface area contributed by atoms with Crippen molar-refractivity contribution in [1.82, 2.24) is 4.37 Å². The van der Waals surface area contributed by atoms with Gasteiger partial charge in [-0.2, -0.15) is 4.37 Å². The lowest BCUT2D eigenvalue weighted by Gasteiger charge is -2.39. The van der Waals surface area contributed by atoms with Crippen molar-refractivity contribution in [1.29, 1.82) is 0 Å². The Bertz CT molecular complexity index is 361. The van der Waals surface area contributed by atoms with Gasteiger partial charge in [-0.1, -0.05) is 55.4 Å². The van der Waals surface area contributed by atoms with E-state index in [2.05, 4.69) is 65.1 Å². The number of hydrogen-bond acceptors (Lipinski definition) is 2. The van der Waals surface area contributed by atoms with Crippen LogP contribution >= 0.6 is 11.5 Å². The van der Waals surface area contributed by atoms with E-state index in [1.165, 1.54) is 11.3 Å². The van der Waals surface area contributed by atoms with Crippen molar-refractivity contribution in [2.24, 2.45) is 5.41 Å². The zero-order valence-electron chi connectivity index (χ0n) is 11.9. The van der Waals surface area contributed by atoms with Gasteiger partial charge in [0.25, 0.3) is 0 Å². The molecule has 0 saturated heterocycles. The van der Waals surface area contributed by atoms with Gasteiger partial charge in [-0.3, -0.25) is 0 Å². The molecule has 1 nitrogen and oxygen atoms in total. The fourth-order valence-electron chi connectivity index (χ4n) is 1.57. The Hall–Kier alpha value is -0.370. The maximum absolute atomic E-state index is 4.66. The van der Waals surface area contributed by atoms with Crippen molar-refractivity contribution in [2.75, 3.05) is 0 Å². The molecule has 0 amide bonds. The molecule has 16 heavy (non-hydrogen) atoms. The fourth-order valence-corrected chi connectivity index (χ4v) is 2.63. The van der Waals surface area contributed by atoms with Gasteiger partial charge < -0.3 is 0 Å². The lowest BCUT2D eigenvalue weighted by molar-refractivity contribution is 0.218. The van der Waals surface area contributed by atoms with Gasteiger partial charge in [0.2, 0.25) is 0 Å². The maximum Gasteiger partial charge on any atom is 0.0640 e. The molecule has 0 atom stereocenters. The summed E-state index contributed by atoms with van der Waals surface area (Å²) in [4.78, 5) is 0. The molecule has 1 aromatic heterocycles. The SMILES string of the molecule is CC(C)(C)c1csnc1C(C)(C)C(C)(C)C. The molecule has 0 radical (unpaired) electrons. The van der Waals surface area contributed by atoms with E-state index in [0.29, 0.717) is 0 Å². The molecule has 0 unspecified atom stereocenters. The standard InChI is InChI=1S/C14H25NS/c1-12(2,3)10-9-16-15-11(10)14(7,8)13(4,5)6/h9H,1-8H3. The summed E-state index contributed by atoms with van der Waals surface area (Å²) in [5, 5.41) is 2.21. The van der Waals surface area contributed by atoms with Crippen LogP contribution in [0.2, 0.25) is 0 Å². The van der Waals surface area contributed by atoms with Crippen molar-refractivity contribution in [3.63, 3.8) is 0 Å². The van der Waals surface area contributed by atoms with Gasteiger partial charge in [0.15, 0.2) is 0 Å². The monoisotopic (exact) mass is 239 g/mol. The van der Waals surface area contributed by atoms with Gasteiger partial charge in [-0.05, 0) is 27.9 Å². The molecule has 0 fully saturated rings. The zero-order valence-corrected chi connectivity index (χ0v) is 12.7. The van der Waals surface area contributed by atoms with Crippen molar-refractivity contribution >= 4 is 11.5 Å². The maximum atomic E-state index is 4.66. The minimum Gasteiger partial charge on any atom is -0.197 e.